The van der Waals surface area contributed by atoms with Crippen LogP contribution < -0.4 is 5.26 Å². The molecule has 0 radical (unpaired) electrons. The van der Waals surface area contributed by atoms with Crippen LogP contribution in [0.5, 0.6) is 0 Å². The summed E-state index contributed by atoms with van der Waals surface area (Å²) in [5.74, 6) is 0. The van der Waals surface area contributed by atoms with Gasteiger partial charge in [-0.25, -0.2) is 0 Å². The summed E-state index contributed by atoms with van der Waals surface area (Å²) in [5.41, 5.74) is 0. The number of hydrogen-bond donors (Lipinski definition) is 1. The summed E-state index contributed by atoms with van der Waals surface area (Å²) in [7, 11) is 0. The van der Waals surface area contributed by atoms with Crippen molar-refractivity contribution in [2.75, 3.05) is 26.2 Å². The van der Waals surface area contributed by atoms with Crippen molar-refractivity contribution >= 4 is 0 Å². The molecular weight excluding hydrogens is 190 g/mol. The first kappa shape index (κ1) is 17.3. The van der Waals surface area contributed by atoms with Crippen molar-refractivity contribution in [3.8, 4) is 0 Å². The predicted octanol–water partition coefficient (Wildman–Crippen LogP) is 2.26. The van der Waals surface area contributed by atoms with Gasteiger partial charge < -0.3 is 15.0 Å². The maximum absolute atomic E-state index is 7.25. The summed E-state index contributed by atoms with van der Waals surface area (Å²) in [6.07, 6.45) is 5.33. The fourth-order valence-electron chi connectivity index (χ4n) is 2.57. The quantitative estimate of drug-likeness (QED) is 0.386. The Morgan fingerprint density at radius 2 is 0.867 bits per heavy atom. The second kappa shape index (κ2) is 12.0. The number of hydrogen-bond acceptors (Lipinski definition) is 2. The van der Waals surface area contributed by atoms with Crippen molar-refractivity contribution in [2.24, 2.45) is 0 Å². The lowest BCUT2D eigenvalue weighted by molar-refractivity contribution is -0.928. The average Bonchev–Trinajstić information content (AvgIpc) is 2.22. The van der Waals surface area contributed by atoms with Crippen LogP contribution in [0.3, 0.4) is 0 Å². The smallest absolute Gasteiger partial charge is 0.0783 e. The lowest BCUT2D eigenvalue weighted by atomic mass is 10.2. The molecule has 0 aliphatic carbocycles. The molecular formula is C12H29NO2. The minimum Gasteiger partial charge on any atom is -0.727 e. The first-order valence-corrected chi connectivity index (χ1v) is 6.28. The van der Waals surface area contributed by atoms with Gasteiger partial charge in [-0.05, 0) is 25.7 Å². The highest BCUT2D eigenvalue weighted by Crippen LogP contribution is 2.12. The van der Waals surface area contributed by atoms with E-state index in [0.717, 1.165) is 0 Å². The van der Waals surface area contributed by atoms with Crippen molar-refractivity contribution in [2.45, 2.75) is 53.4 Å². The zero-order chi connectivity index (χ0) is 12.2. The van der Waals surface area contributed by atoms with Crippen molar-refractivity contribution in [3.05, 3.63) is 0 Å². The molecule has 0 aromatic rings. The van der Waals surface area contributed by atoms with Crippen LogP contribution in [0.2, 0.25) is 0 Å². The van der Waals surface area contributed by atoms with Crippen molar-refractivity contribution in [3.63, 3.8) is 0 Å². The van der Waals surface area contributed by atoms with Gasteiger partial charge in [0.15, 0.2) is 0 Å². The first-order chi connectivity index (χ1) is 7.24. The van der Waals surface area contributed by atoms with Gasteiger partial charge in [-0.3, -0.25) is 0 Å². The molecule has 0 aliphatic rings. The van der Waals surface area contributed by atoms with Gasteiger partial charge in [-0.2, -0.15) is 0 Å². The monoisotopic (exact) mass is 219 g/mol. The topological polar surface area (TPSA) is 43.3 Å². The third-order valence-corrected chi connectivity index (χ3v) is 2.79. The van der Waals surface area contributed by atoms with Gasteiger partial charge in [0.25, 0.3) is 0 Å². The van der Waals surface area contributed by atoms with Gasteiger partial charge in [0.2, 0.25) is 0 Å². The third kappa shape index (κ3) is 7.77. The summed E-state index contributed by atoms with van der Waals surface area (Å²) in [6, 6.07) is 0. The van der Waals surface area contributed by atoms with Gasteiger partial charge in [0, 0.05) is 0 Å². The molecule has 0 aromatic carbocycles. The molecule has 0 saturated heterocycles. The third-order valence-electron chi connectivity index (χ3n) is 2.79. The van der Waals surface area contributed by atoms with Crippen molar-refractivity contribution in [1.29, 1.82) is 0 Å². The lowest BCUT2D eigenvalue weighted by Crippen LogP contribution is -2.50. The number of quaternary nitrogens is 1. The van der Waals surface area contributed by atoms with E-state index in [1.54, 1.807) is 0 Å². The Morgan fingerprint density at radius 1 is 0.667 bits per heavy atom. The normalized spacial score (nSPS) is 10.8. The molecule has 0 unspecified atom stereocenters. The Balaban J connectivity index is 0. The van der Waals surface area contributed by atoms with Gasteiger partial charge in [0.05, 0.1) is 26.2 Å². The van der Waals surface area contributed by atoms with Crippen LogP contribution in [-0.2, 0) is 0 Å². The van der Waals surface area contributed by atoms with Crippen LogP contribution >= 0.6 is 0 Å². The molecule has 0 heterocycles. The Hall–Kier alpha value is -0.120. The minimum atomic E-state index is 1.33. The summed E-state index contributed by atoms with van der Waals surface area (Å²) in [4.78, 5) is 0. The Labute approximate surface area is 95.2 Å². The van der Waals surface area contributed by atoms with Gasteiger partial charge in [-0.15, -0.1) is 0 Å². The fraction of sp³-hybridized carbons (Fsp3) is 1.00. The van der Waals surface area contributed by atoms with Gasteiger partial charge in [-0.1, -0.05) is 27.7 Å². The van der Waals surface area contributed by atoms with Gasteiger partial charge in [0.1, 0.15) is 0 Å². The number of nitrogens with zero attached hydrogens (tertiary/aromatic N) is 1. The zero-order valence-corrected chi connectivity index (χ0v) is 11.0. The van der Waals surface area contributed by atoms with E-state index in [-0.39, 0.29) is 0 Å². The molecule has 94 valence electrons. The zero-order valence-electron chi connectivity index (χ0n) is 11.0. The van der Waals surface area contributed by atoms with Gasteiger partial charge >= 0.3 is 0 Å². The molecule has 15 heavy (non-hydrogen) atoms. The molecule has 0 aromatic heterocycles. The van der Waals surface area contributed by atoms with Crippen LogP contribution in [0.1, 0.15) is 53.4 Å². The number of rotatable bonds is 8. The van der Waals surface area contributed by atoms with Crippen molar-refractivity contribution in [1.82, 2.24) is 0 Å². The van der Waals surface area contributed by atoms with E-state index in [9.17, 15) is 0 Å². The molecule has 0 rings (SSSR count). The van der Waals surface area contributed by atoms with Crippen LogP contribution in [0.25, 0.3) is 0 Å². The Bertz CT molecular complexity index is 88.7. The van der Waals surface area contributed by atoms with E-state index in [1.807, 2.05) is 0 Å². The standard InChI is InChI=1S/C12H28N.H2O2/c1-5-9-13(10-6-2,11-7-3)12-8-4;1-2/h5-12H2,1-4H3;1-2H/q+1;/p-1. The highest BCUT2D eigenvalue weighted by Gasteiger charge is 2.22. The summed E-state index contributed by atoms with van der Waals surface area (Å²) >= 11 is 0. The van der Waals surface area contributed by atoms with E-state index >= 15 is 0 Å². The second-order valence-electron chi connectivity index (χ2n) is 4.24. The molecule has 0 saturated carbocycles. The molecule has 0 aliphatic heterocycles. The predicted molar refractivity (Wildman–Crippen MR) is 63.5 cm³/mol. The molecule has 0 fully saturated rings. The van der Waals surface area contributed by atoms with E-state index < -0.39 is 0 Å². The summed E-state index contributed by atoms with van der Waals surface area (Å²) in [5, 5.41) is 13.0. The van der Waals surface area contributed by atoms with E-state index in [1.165, 1.54) is 56.3 Å². The average molecular weight is 219 g/mol. The SMILES string of the molecule is CCC[N+](CCC)(CCC)CCC.[O-]O. The minimum absolute atomic E-state index is 1.33. The van der Waals surface area contributed by atoms with E-state index in [4.69, 9.17) is 10.5 Å². The molecule has 3 heteroatoms. The van der Waals surface area contributed by atoms with Crippen LogP contribution in [-0.4, -0.2) is 35.9 Å². The van der Waals surface area contributed by atoms with Crippen LogP contribution in [0, 0.1) is 0 Å². The summed E-state index contributed by atoms with van der Waals surface area (Å²) in [6.45, 7) is 14.8. The Morgan fingerprint density at radius 3 is 1.00 bits per heavy atom. The molecule has 1 N–H and O–H groups in total. The fourth-order valence-corrected chi connectivity index (χ4v) is 2.57. The Kier molecular flexibility index (Phi) is 13.8. The molecule has 0 bridgehead atoms. The van der Waals surface area contributed by atoms with Crippen LogP contribution in [0.4, 0.5) is 0 Å². The maximum atomic E-state index is 7.25. The lowest BCUT2D eigenvalue weighted by Gasteiger charge is -2.38. The molecule has 0 spiro atoms. The molecule has 3 nitrogen and oxygen atoms in total. The first-order valence-electron chi connectivity index (χ1n) is 6.28. The van der Waals surface area contributed by atoms with Crippen LogP contribution in [0.15, 0.2) is 0 Å². The van der Waals surface area contributed by atoms with Crippen molar-refractivity contribution < 1.29 is 15.0 Å². The largest absolute Gasteiger partial charge is 0.727 e. The molecule has 0 atom stereocenters. The van der Waals surface area contributed by atoms with E-state index in [0.29, 0.717) is 0 Å². The highest BCUT2D eigenvalue weighted by molar-refractivity contribution is 4.43. The van der Waals surface area contributed by atoms with E-state index in [2.05, 4.69) is 27.7 Å². The summed E-state index contributed by atoms with van der Waals surface area (Å²) < 4.78 is 1.38. The molecule has 0 amide bonds. The second-order valence-corrected chi connectivity index (χ2v) is 4.24. The highest BCUT2D eigenvalue weighted by atomic mass is 17.0. The maximum Gasteiger partial charge on any atom is 0.0783 e.